The molecule has 1 spiro atoms. The van der Waals surface area contributed by atoms with Gasteiger partial charge in [0.25, 0.3) is 5.91 Å². The van der Waals surface area contributed by atoms with Crippen molar-refractivity contribution in [3.63, 3.8) is 0 Å². The first kappa shape index (κ1) is 17.6. The molecule has 2 aliphatic rings. The van der Waals surface area contributed by atoms with Gasteiger partial charge in [-0.05, 0) is 24.8 Å². The number of nitrogens with zero attached hydrogens (tertiary/aromatic N) is 3. The lowest BCUT2D eigenvalue weighted by Crippen LogP contribution is -2.58. The minimum Gasteiger partial charge on any atom is -0.371 e. The van der Waals surface area contributed by atoms with E-state index in [-0.39, 0.29) is 11.5 Å². The molecule has 26 heavy (non-hydrogen) atoms. The molecule has 2 saturated heterocycles. The van der Waals surface area contributed by atoms with Crippen molar-refractivity contribution >= 4 is 17.2 Å². The highest BCUT2D eigenvalue weighted by Gasteiger charge is 2.41. The maximum absolute atomic E-state index is 12.6. The zero-order valence-electron chi connectivity index (χ0n) is 15.0. The summed E-state index contributed by atoms with van der Waals surface area (Å²) in [6.45, 7) is 5.18. The number of carbonyl (C=O) groups is 1. The smallest absolute Gasteiger partial charge is 0.265 e. The van der Waals surface area contributed by atoms with Crippen molar-refractivity contribution in [1.82, 2.24) is 14.8 Å². The minimum atomic E-state index is -0.165. The summed E-state index contributed by atoms with van der Waals surface area (Å²) in [5.41, 5.74) is 2.94. The number of amides is 1. The van der Waals surface area contributed by atoms with Gasteiger partial charge in [-0.1, -0.05) is 30.3 Å². The number of morpholine rings is 1. The Kier molecular flexibility index (Phi) is 5.33. The molecule has 0 radical (unpaired) electrons. The van der Waals surface area contributed by atoms with Gasteiger partial charge in [0.05, 0.1) is 30.5 Å². The third-order valence-electron chi connectivity index (χ3n) is 5.51. The van der Waals surface area contributed by atoms with Crippen molar-refractivity contribution < 1.29 is 9.53 Å². The molecule has 138 valence electrons. The van der Waals surface area contributed by atoms with Crippen LogP contribution in [0.3, 0.4) is 0 Å². The van der Waals surface area contributed by atoms with E-state index in [1.807, 2.05) is 4.90 Å². The number of likely N-dealkylation sites (tertiary alicyclic amines) is 1. The second-order valence-corrected chi connectivity index (χ2v) is 8.09. The molecule has 2 aliphatic heterocycles. The molecule has 0 saturated carbocycles. The first-order valence-corrected chi connectivity index (χ1v) is 10.2. The summed E-state index contributed by atoms with van der Waals surface area (Å²) in [7, 11) is 0. The number of rotatable bonds is 4. The third kappa shape index (κ3) is 3.98. The van der Waals surface area contributed by atoms with Gasteiger partial charge < -0.3 is 14.5 Å². The summed E-state index contributed by atoms with van der Waals surface area (Å²) in [6.07, 6.45) is 4.74. The summed E-state index contributed by atoms with van der Waals surface area (Å²) in [5.74, 6) is 0.0988. The number of hydrogen-bond acceptors (Lipinski definition) is 5. The zero-order chi connectivity index (χ0) is 17.8. The van der Waals surface area contributed by atoms with E-state index < -0.39 is 0 Å². The number of thiazole rings is 1. The molecule has 1 aromatic heterocycles. The zero-order valence-corrected chi connectivity index (χ0v) is 15.8. The molecule has 2 aromatic rings. The Hall–Kier alpha value is -1.76. The van der Waals surface area contributed by atoms with E-state index in [2.05, 4.69) is 40.2 Å². The first-order valence-electron chi connectivity index (χ1n) is 9.32. The maximum Gasteiger partial charge on any atom is 0.265 e. The molecule has 6 heteroatoms. The van der Waals surface area contributed by atoms with Gasteiger partial charge in [0.2, 0.25) is 0 Å². The van der Waals surface area contributed by atoms with Crippen molar-refractivity contribution in [2.45, 2.75) is 24.9 Å². The van der Waals surface area contributed by atoms with Crippen LogP contribution in [0, 0.1) is 0 Å². The molecule has 1 amide bonds. The molecule has 1 aromatic carbocycles. The Labute approximate surface area is 158 Å². The maximum atomic E-state index is 12.6. The second kappa shape index (κ2) is 7.86. The van der Waals surface area contributed by atoms with Gasteiger partial charge in [-0.15, -0.1) is 11.3 Å². The number of aromatic nitrogens is 1. The van der Waals surface area contributed by atoms with Gasteiger partial charge in [0.15, 0.2) is 0 Å². The summed E-state index contributed by atoms with van der Waals surface area (Å²) < 4.78 is 6.18. The predicted molar refractivity (Wildman–Crippen MR) is 103 cm³/mol. The molecular weight excluding hydrogens is 346 g/mol. The Morgan fingerprint density at radius 1 is 1.19 bits per heavy atom. The van der Waals surface area contributed by atoms with E-state index in [4.69, 9.17) is 4.74 Å². The molecule has 2 fully saturated rings. The lowest BCUT2D eigenvalue weighted by molar-refractivity contribution is -0.127. The Balaban J connectivity index is 1.30. The van der Waals surface area contributed by atoms with Crippen LogP contribution in [-0.2, 0) is 11.2 Å². The Morgan fingerprint density at radius 3 is 2.73 bits per heavy atom. The molecule has 5 nitrogen and oxygen atoms in total. The van der Waals surface area contributed by atoms with Crippen molar-refractivity contribution in [2.24, 2.45) is 0 Å². The number of benzene rings is 1. The van der Waals surface area contributed by atoms with E-state index in [1.165, 1.54) is 16.9 Å². The SMILES string of the molecule is O=C(c1cncs1)N1CCOC2(CCN(CCc3ccccc3)CC2)C1. The van der Waals surface area contributed by atoms with Crippen molar-refractivity contribution in [3.8, 4) is 0 Å². The quantitative estimate of drug-likeness (QED) is 0.829. The van der Waals surface area contributed by atoms with Crippen LogP contribution >= 0.6 is 11.3 Å². The van der Waals surface area contributed by atoms with Crippen LogP contribution in [-0.4, -0.2) is 65.6 Å². The van der Waals surface area contributed by atoms with Crippen LogP contribution in [0.2, 0.25) is 0 Å². The van der Waals surface area contributed by atoms with Gasteiger partial charge in [-0.3, -0.25) is 9.78 Å². The Morgan fingerprint density at radius 2 is 2.00 bits per heavy atom. The number of ether oxygens (including phenoxy) is 1. The van der Waals surface area contributed by atoms with E-state index >= 15 is 0 Å². The predicted octanol–water partition coefficient (Wildman–Crippen LogP) is 2.69. The lowest BCUT2D eigenvalue weighted by atomic mass is 9.89. The van der Waals surface area contributed by atoms with Crippen LogP contribution in [0.1, 0.15) is 28.1 Å². The topological polar surface area (TPSA) is 45.7 Å². The minimum absolute atomic E-state index is 0.0988. The fourth-order valence-electron chi connectivity index (χ4n) is 3.91. The van der Waals surface area contributed by atoms with Crippen molar-refractivity contribution in [3.05, 3.63) is 52.5 Å². The summed E-state index contributed by atoms with van der Waals surface area (Å²) >= 11 is 1.41. The molecular formula is C20H25N3O2S. The van der Waals surface area contributed by atoms with Crippen LogP contribution in [0.25, 0.3) is 0 Å². The summed E-state index contributed by atoms with van der Waals surface area (Å²) in [5, 5.41) is 0. The average Bonchev–Trinajstić information content (AvgIpc) is 3.23. The number of hydrogen-bond donors (Lipinski definition) is 0. The molecule has 0 atom stereocenters. The molecule has 4 rings (SSSR count). The lowest BCUT2D eigenvalue weighted by Gasteiger charge is -2.47. The highest BCUT2D eigenvalue weighted by atomic mass is 32.1. The van der Waals surface area contributed by atoms with E-state index in [0.717, 1.165) is 43.8 Å². The van der Waals surface area contributed by atoms with Gasteiger partial charge in [0, 0.05) is 26.2 Å². The highest BCUT2D eigenvalue weighted by Crippen LogP contribution is 2.31. The van der Waals surface area contributed by atoms with Gasteiger partial charge >= 0.3 is 0 Å². The number of piperidine rings is 1. The third-order valence-corrected chi connectivity index (χ3v) is 6.27. The van der Waals surface area contributed by atoms with Crippen LogP contribution in [0.4, 0.5) is 0 Å². The highest BCUT2D eigenvalue weighted by molar-refractivity contribution is 7.11. The monoisotopic (exact) mass is 371 g/mol. The van der Waals surface area contributed by atoms with Gasteiger partial charge in [-0.25, -0.2) is 0 Å². The summed E-state index contributed by atoms with van der Waals surface area (Å²) in [6, 6.07) is 10.7. The molecule has 3 heterocycles. The van der Waals surface area contributed by atoms with Crippen LogP contribution in [0.5, 0.6) is 0 Å². The van der Waals surface area contributed by atoms with Gasteiger partial charge in [0.1, 0.15) is 4.88 Å². The average molecular weight is 372 g/mol. The normalized spacial score (nSPS) is 20.4. The molecule has 0 unspecified atom stereocenters. The fourth-order valence-corrected chi connectivity index (χ4v) is 4.50. The first-order chi connectivity index (χ1) is 12.7. The number of carbonyl (C=O) groups excluding carboxylic acids is 1. The fraction of sp³-hybridized carbons (Fsp3) is 0.500. The van der Waals surface area contributed by atoms with Crippen LogP contribution in [0.15, 0.2) is 42.0 Å². The standard InChI is InChI=1S/C20H25N3O2S/c24-19(18-14-21-16-26-18)23-12-13-25-20(15-23)7-10-22(11-8-20)9-6-17-4-2-1-3-5-17/h1-5,14,16H,6-13,15H2. The van der Waals surface area contributed by atoms with E-state index in [1.54, 1.807) is 11.7 Å². The van der Waals surface area contributed by atoms with E-state index in [0.29, 0.717) is 19.7 Å². The molecule has 0 aliphatic carbocycles. The molecule has 0 N–H and O–H groups in total. The van der Waals surface area contributed by atoms with E-state index in [9.17, 15) is 4.79 Å². The van der Waals surface area contributed by atoms with Gasteiger partial charge in [-0.2, -0.15) is 0 Å². The second-order valence-electron chi connectivity index (χ2n) is 7.20. The Bertz CT molecular complexity index is 712. The van der Waals surface area contributed by atoms with Crippen molar-refractivity contribution in [1.29, 1.82) is 0 Å². The largest absolute Gasteiger partial charge is 0.371 e. The summed E-state index contributed by atoms with van der Waals surface area (Å²) in [4.78, 5) is 21.9. The molecule has 0 bridgehead atoms. The van der Waals surface area contributed by atoms with Crippen LogP contribution < -0.4 is 0 Å². The van der Waals surface area contributed by atoms with Crippen molar-refractivity contribution in [2.75, 3.05) is 39.3 Å².